The quantitative estimate of drug-likeness (QED) is 0.839. The molecule has 0 bridgehead atoms. The van der Waals surface area contributed by atoms with Crippen LogP contribution in [-0.2, 0) is 16.7 Å². The summed E-state index contributed by atoms with van der Waals surface area (Å²) in [6.45, 7) is 9.74. The van der Waals surface area contributed by atoms with Gasteiger partial charge in [-0.25, -0.2) is 9.18 Å². The lowest BCUT2D eigenvalue weighted by Gasteiger charge is -2.35. The molecule has 2 heterocycles. The van der Waals surface area contributed by atoms with Crippen LogP contribution in [0, 0.1) is 5.82 Å². The minimum atomic E-state index is -0.410. The fourth-order valence-corrected chi connectivity index (χ4v) is 3.62. The van der Waals surface area contributed by atoms with Gasteiger partial charge in [0.05, 0.1) is 24.1 Å². The number of ether oxygens (including phenoxy) is 1. The summed E-state index contributed by atoms with van der Waals surface area (Å²) in [7, 11) is 1.38. The van der Waals surface area contributed by atoms with Gasteiger partial charge < -0.3 is 10.1 Å². The van der Waals surface area contributed by atoms with Gasteiger partial charge >= 0.3 is 5.97 Å². The van der Waals surface area contributed by atoms with Crippen molar-refractivity contribution in [2.24, 2.45) is 0 Å². The maximum Gasteiger partial charge on any atom is 0.340 e. The Morgan fingerprint density at radius 3 is 2.50 bits per heavy atom. The highest BCUT2D eigenvalue weighted by molar-refractivity contribution is 5.99. The molecule has 2 aromatic rings. The van der Waals surface area contributed by atoms with Gasteiger partial charge in [0, 0.05) is 24.1 Å². The van der Waals surface area contributed by atoms with E-state index in [1.165, 1.54) is 19.2 Å². The number of halogens is 1. The molecule has 3 rings (SSSR count). The molecule has 4 nitrogen and oxygen atoms in total. The van der Waals surface area contributed by atoms with Crippen molar-refractivity contribution in [3.8, 4) is 11.1 Å². The van der Waals surface area contributed by atoms with Gasteiger partial charge in [0.1, 0.15) is 5.82 Å². The third-order valence-corrected chi connectivity index (χ3v) is 4.91. The minimum absolute atomic E-state index is 0.0549. The number of esters is 1. The molecule has 26 heavy (non-hydrogen) atoms. The summed E-state index contributed by atoms with van der Waals surface area (Å²) in [5.41, 5.74) is 4.61. The molecule has 0 spiro atoms. The lowest BCUT2D eigenvalue weighted by molar-refractivity contribution is 0.0599. The van der Waals surface area contributed by atoms with Crippen molar-refractivity contribution in [1.29, 1.82) is 0 Å². The number of hydrogen-bond donors (Lipinski definition) is 1. The lowest BCUT2D eigenvalue weighted by atomic mass is 9.78. The first-order valence-corrected chi connectivity index (χ1v) is 8.88. The lowest BCUT2D eigenvalue weighted by Crippen LogP contribution is -2.40. The smallest absolute Gasteiger partial charge is 0.340 e. The molecule has 0 saturated heterocycles. The largest absolute Gasteiger partial charge is 0.465 e. The van der Waals surface area contributed by atoms with E-state index in [9.17, 15) is 9.18 Å². The summed E-state index contributed by atoms with van der Waals surface area (Å²) in [6.07, 6.45) is 0. The van der Waals surface area contributed by atoms with E-state index in [4.69, 9.17) is 9.72 Å². The third kappa shape index (κ3) is 3.12. The van der Waals surface area contributed by atoms with Crippen LogP contribution in [0.3, 0.4) is 0 Å². The summed E-state index contributed by atoms with van der Waals surface area (Å²) in [5.74, 6) is -0.662. The van der Waals surface area contributed by atoms with E-state index >= 15 is 0 Å². The fourth-order valence-electron chi connectivity index (χ4n) is 3.62. The standard InChI is InChI=1S/C21H25FN2O2/c1-12(2)18-17(20(25)26-5)16(13-6-8-14(22)9-7-13)15-10-23-11-21(3,4)19(15)24-18/h6-9,12,23H,10-11H2,1-5H3. The van der Waals surface area contributed by atoms with Crippen molar-refractivity contribution in [3.63, 3.8) is 0 Å². The Hall–Kier alpha value is -2.27. The number of hydrogen-bond acceptors (Lipinski definition) is 4. The van der Waals surface area contributed by atoms with Gasteiger partial charge in [-0.1, -0.05) is 39.8 Å². The van der Waals surface area contributed by atoms with Crippen LogP contribution in [0.1, 0.15) is 60.9 Å². The Balaban J connectivity index is 2.42. The van der Waals surface area contributed by atoms with Crippen LogP contribution in [0.15, 0.2) is 24.3 Å². The molecule has 1 aromatic carbocycles. The van der Waals surface area contributed by atoms with Crippen LogP contribution in [0.2, 0.25) is 0 Å². The number of carbonyl (C=O) groups is 1. The molecule has 0 aliphatic carbocycles. The van der Waals surface area contributed by atoms with E-state index in [1.807, 2.05) is 13.8 Å². The highest BCUT2D eigenvalue weighted by Crippen LogP contribution is 2.40. The fraction of sp³-hybridized carbons (Fsp3) is 0.429. The normalized spacial score (nSPS) is 15.7. The van der Waals surface area contributed by atoms with Gasteiger partial charge in [0.2, 0.25) is 0 Å². The molecule has 0 radical (unpaired) electrons. The maximum atomic E-state index is 13.5. The molecular weight excluding hydrogens is 331 g/mol. The second-order valence-electron chi connectivity index (χ2n) is 7.71. The van der Waals surface area contributed by atoms with Gasteiger partial charge in [0.15, 0.2) is 0 Å². The number of rotatable bonds is 3. The predicted molar refractivity (Wildman–Crippen MR) is 99.8 cm³/mol. The maximum absolute atomic E-state index is 13.5. The summed E-state index contributed by atoms with van der Waals surface area (Å²) in [6, 6.07) is 6.26. The molecule has 1 aliphatic rings. The van der Waals surface area contributed by atoms with E-state index in [0.29, 0.717) is 12.1 Å². The average Bonchev–Trinajstić information content (AvgIpc) is 2.60. The molecular formula is C21H25FN2O2. The Kier molecular flexibility index (Phi) is 4.84. The number of nitrogens with one attached hydrogen (secondary N) is 1. The van der Waals surface area contributed by atoms with Gasteiger partial charge in [-0.2, -0.15) is 0 Å². The summed E-state index contributed by atoms with van der Waals surface area (Å²) in [4.78, 5) is 17.6. The zero-order valence-corrected chi connectivity index (χ0v) is 15.9. The second kappa shape index (κ2) is 6.80. The molecule has 0 fully saturated rings. The number of carbonyl (C=O) groups excluding carboxylic acids is 1. The molecule has 1 N–H and O–H groups in total. The molecule has 1 aliphatic heterocycles. The first-order valence-electron chi connectivity index (χ1n) is 8.88. The highest BCUT2D eigenvalue weighted by Gasteiger charge is 2.35. The Labute approximate surface area is 153 Å². The number of nitrogens with zero attached hydrogens (tertiary/aromatic N) is 1. The predicted octanol–water partition coefficient (Wildman–Crippen LogP) is 4.18. The van der Waals surface area contributed by atoms with Crippen molar-refractivity contribution >= 4 is 5.97 Å². The summed E-state index contributed by atoms with van der Waals surface area (Å²) >= 11 is 0. The van der Waals surface area contributed by atoms with Gasteiger partial charge in [-0.3, -0.25) is 4.98 Å². The first kappa shape index (κ1) is 18.5. The molecule has 1 aromatic heterocycles. The Morgan fingerprint density at radius 2 is 1.92 bits per heavy atom. The second-order valence-corrected chi connectivity index (χ2v) is 7.71. The number of fused-ring (bicyclic) bond motifs is 1. The molecule has 138 valence electrons. The van der Waals surface area contributed by atoms with Crippen molar-refractivity contribution < 1.29 is 13.9 Å². The Bertz CT molecular complexity index is 842. The molecule has 5 heteroatoms. The topological polar surface area (TPSA) is 51.2 Å². The van der Waals surface area contributed by atoms with E-state index in [2.05, 4.69) is 19.2 Å². The number of benzene rings is 1. The van der Waals surface area contributed by atoms with E-state index in [-0.39, 0.29) is 17.2 Å². The van der Waals surface area contributed by atoms with Crippen LogP contribution in [0.4, 0.5) is 4.39 Å². The third-order valence-electron chi connectivity index (χ3n) is 4.91. The highest BCUT2D eigenvalue weighted by atomic mass is 19.1. The van der Waals surface area contributed by atoms with Crippen molar-refractivity contribution in [3.05, 3.63) is 52.6 Å². The molecule has 0 saturated carbocycles. The van der Waals surface area contributed by atoms with Crippen molar-refractivity contribution in [2.75, 3.05) is 13.7 Å². The molecule has 0 amide bonds. The number of aromatic nitrogens is 1. The summed E-state index contributed by atoms with van der Waals surface area (Å²) in [5, 5.41) is 3.42. The minimum Gasteiger partial charge on any atom is -0.465 e. The zero-order chi connectivity index (χ0) is 19.1. The van der Waals surface area contributed by atoms with Crippen molar-refractivity contribution in [2.45, 2.75) is 45.6 Å². The molecule has 0 atom stereocenters. The summed E-state index contributed by atoms with van der Waals surface area (Å²) < 4.78 is 18.6. The van der Waals surface area contributed by atoms with Crippen LogP contribution in [0.25, 0.3) is 11.1 Å². The molecule has 0 unspecified atom stereocenters. The average molecular weight is 356 g/mol. The van der Waals surface area contributed by atoms with Crippen LogP contribution in [0.5, 0.6) is 0 Å². The Morgan fingerprint density at radius 1 is 1.27 bits per heavy atom. The van der Waals surface area contributed by atoms with Gasteiger partial charge in [-0.15, -0.1) is 0 Å². The van der Waals surface area contributed by atoms with Gasteiger partial charge in [0.25, 0.3) is 0 Å². The monoisotopic (exact) mass is 356 g/mol. The number of methoxy groups -OCH3 is 1. The van der Waals surface area contributed by atoms with Gasteiger partial charge in [-0.05, 0) is 29.2 Å². The van der Waals surface area contributed by atoms with E-state index in [1.54, 1.807) is 12.1 Å². The van der Waals surface area contributed by atoms with Crippen molar-refractivity contribution in [1.82, 2.24) is 10.3 Å². The van der Waals surface area contributed by atoms with Crippen LogP contribution in [-0.4, -0.2) is 24.6 Å². The van der Waals surface area contributed by atoms with E-state index < -0.39 is 5.97 Å². The number of pyridine rings is 1. The SMILES string of the molecule is COC(=O)c1c(C(C)C)nc2c(c1-c1ccc(F)cc1)CNCC2(C)C. The van der Waals surface area contributed by atoms with Crippen LogP contribution < -0.4 is 5.32 Å². The first-order chi connectivity index (χ1) is 12.3. The zero-order valence-electron chi connectivity index (χ0n) is 15.9. The van der Waals surface area contributed by atoms with E-state index in [0.717, 1.165) is 34.6 Å². The van der Waals surface area contributed by atoms with Crippen LogP contribution >= 0.6 is 0 Å².